The third kappa shape index (κ3) is 2.46. The first kappa shape index (κ1) is 12.8. The van der Waals surface area contributed by atoms with Crippen molar-refractivity contribution in [2.75, 3.05) is 0 Å². The fourth-order valence-electron chi connectivity index (χ4n) is 2.19. The van der Waals surface area contributed by atoms with Gasteiger partial charge in [-0.2, -0.15) is 0 Å². The summed E-state index contributed by atoms with van der Waals surface area (Å²) in [6.45, 7) is 6.27. The highest BCUT2D eigenvalue weighted by molar-refractivity contribution is 5.39. The molecule has 0 radical (unpaired) electrons. The van der Waals surface area contributed by atoms with Gasteiger partial charge in [-0.05, 0) is 48.1 Å². The quantitative estimate of drug-likeness (QED) is 0.861. The van der Waals surface area contributed by atoms with E-state index in [1.165, 1.54) is 16.7 Å². The maximum Gasteiger partial charge on any atom is 0.104 e. The minimum Gasteiger partial charge on any atom is -0.384 e. The van der Waals surface area contributed by atoms with Crippen molar-refractivity contribution in [1.29, 1.82) is 0 Å². The second-order valence-electron chi connectivity index (χ2n) is 4.79. The standard InChI is InChI=1S/C17H20O/c1-4-14-8-10-15(11-9-14)17(18)16-7-5-6-12(2)13(16)3/h5-11,17-18H,4H2,1-3H3. The molecule has 0 saturated carbocycles. The Morgan fingerprint density at radius 1 is 1.00 bits per heavy atom. The van der Waals surface area contributed by atoms with Gasteiger partial charge in [0.2, 0.25) is 0 Å². The van der Waals surface area contributed by atoms with E-state index in [4.69, 9.17) is 0 Å². The maximum absolute atomic E-state index is 10.5. The van der Waals surface area contributed by atoms with Crippen molar-refractivity contribution in [2.24, 2.45) is 0 Å². The largest absolute Gasteiger partial charge is 0.384 e. The zero-order chi connectivity index (χ0) is 13.1. The van der Waals surface area contributed by atoms with Crippen LogP contribution in [0.25, 0.3) is 0 Å². The topological polar surface area (TPSA) is 20.2 Å². The van der Waals surface area contributed by atoms with Crippen LogP contribution in [0.3, 0.4) is 0 Å². The molecule has 0 aliphatic carbocycles. The van der Waals surface area contributed by atoms with Gasteiger partial charge in [-0.25, -0.2) is 0 Å². The molecule has 2 rings (SSSR count). The molecule has 0 fully saturated rings. The molecule has 2 aromatic rings. The smallest absolute Gasteiger partial charge is 0.104 e. The SMILES string of the molecule is CCc1ccc(C(O)c2cccc(C)c2C)cc1. The molecule has 0 saturated heterocycles. The molecule has 0 heterocycles. The van der Waals surface area contributed by atoms with Gasteiger partial charge in [-0.15, -0.1) is 0 Å². The van der Waals surface area contributed by atoms with Crippen LogP contribution in [0.15, 0.2) is 42.5 Å². The fraction of sp³-hybridized carbons (Fsp3) is 0.294. The van der Waals surface area contributed by atoms with E-state index in [2.05, 4.69) is 39.0 Å². The Morgan fingerprint density at radius 2 is 1.67 bits per heavy atom. The molecule has 0 aliphatic rings. The van der Waals surface area contributed by atoms with Crippen molar-refractivity contribution in [3.05, 3.63) is 70.3 Å². The Bertz CT molecular complexity index is 526. The van der Waals surface area contributed by atoms with Crippen LogP contribution < -0.4 is 0 Å². The highest BCUT2D eigenvalue weighted by atomic mass is 16.3. The lowest BCUT2D eigenvalue weighted by Gasteiger charge is -2.16. The molecule has 0 aliphatic heterocycles. The van der Waals surface area contributed by atoms with Crippen LogP contribution >= 0.6 is 0 Å². The van der Waals surface area contributed by atoms with E-state index in [1.807, 2.05) is 24.3 Å². The molecular formula is C17H20O. The molecular weight excluding hydrogens is 220 g/mol. The minimum absolute atomic E-state index is 0.532. The molecule has 0 spiro atoms. The first-order valence-electron chi connectivity index (χ1n) is 6.46. The van der Waals surface area contributed by atoms with Crippen LogP contribution in [0.2, 0.25) is 0 Å². The zero-order valence-corrected chi connectivity index (χ0v) is 11.3. The summed E-state index contributed by atoms with van der Waals surface area (Å²) in [7, 11) is 0. The third-order valence-corrected chi connectivity index (χ3v) is 3.64. The number of hydrogen-bond acceptors (Lipinski definition) is 1. The minimum atomic E-state index is -0.532. The molecule has 0 bridgehead atoms. The van der Waals surface area contributed by atoms with Crippen LogP contribution in [0.1, 0.15) is 40.8 Å². The molecule has 1 N–H and O–H groups in total. The molecule has 0 amide bonds. The van der Waals surface area contributed by atoms with Crippen LogP contribution in [-0.2, 0) is 6.42 Å². The van der Waals surface area contributed by atoms with Crippen molar-refractivity contribution in [2.45, 2.75) is 33.3 Å². The van der Waals surface area contributed by atoms with Gasteiger partial charge in [0, 0.05) is 0 Å². The Balaban J connectivity index is 2.35. The molecule has 94 valence electrons. The lowest BCUT2D eigenvalue weighted by atomic mass is 9.94. The second-order valence-corrected chi connectivity index (χ2v) is 4.79. The highest BCUT2D eigenvalue weighted by Gasteiger charge is 2.13. The van der Waals surface area contributed by atoms with Crippen LogP contribution in [-0.4, -0.2) is 5.11 Å². The fourth-order valence-corrected chi connectivity index (χ4v) is 2.19. The summed E-state index contributed by atoms with van der Waals surface area (Å²) in [5.41, 5.74) is 5.65. The number of hydrogen-bond donors (Lipinski definition) is 1. The van der Waals surface area contributed by atoms with Crippen molar-refractivity contribution >= 4 is 0 Å². The summed E-state index contributed by atoms with van der Waals surface area (Å²) in [6, 6.07) is 14.3. The Kier molecular flexibility index (Phi) is 3.83. The summed E-state index contributed by atoms with van der Waals surface area (Å²) in [4.78, 5) is 0. The summed E-state index contributed by atoms with van der Waals surface area (Å²) in [5, 5.41) is 10.5. The van der Waals surface area contributed by atoms with Crippen molar-refractivity contribution in [1.82, 2.24) is 0 Å². The number of rotatable bonds is 3. The lowest BCUT2D eigenvalue weighted by Crippen LogP contribution is -2.03. The molecule has 1 heteroatoms. The van der Waals surface area contributed by atoms with Crippen molar-refractivity contribution in [3.63, 3.8) is 0 Å². The first-order chi connectivity index (χ1) is 8.63. The summed E-state index contributed by atoms with van der Waals surface area (Å²) < 4.78 is 0. The highest BCUT2D eigenvalue weighted by Crippen LogP contribution is 2.26. The first-order valence-corrected chi connectivity index (χ1v) is 6.46. The van der Waals surface area contributed by atoms with Crippen molar-refractivity contribution in [3.8, 4) is 0 Å². The lowest BCUT2D eigenvalue weighted by molar-refractivity contribution is 0.219. The predicted octanol–water partition coefficient (Wildman–Crippen LogP) is 3.95. The van der Waals surface area contributed by atoms with Gasteiger partial charge in [0.1, 0.15) is 6.10 Å². The molecule has 2 aromatic carbocycles. The number of aliphatic hydroxyl groups excluding tert-OH is 1. The number of aliphatic hydroxyl groups is 1. The normalized spacial score (nSPS) is 12.4. The number of benzene rings is 2. The molecule has 1 nitrogen and oxygen atoms in total. The van der Waals surface area contributed by atoms with E-state index in [1.54, 1.807) is 0 Å². The molecule has 18 heavy (non-hydrogen) atoms. The average molecular weight is 240 g/mol. The third-order valence-electron chi connectivity index (χ3n) is 3.64. The van der Waals surface area contributed by atoms with E-state index < -0.39 is 6.10 Å². The maximum atomic E-state index is 10.5. The Morgan fingerprint density at radius 3 is 2.28 bits per heavy atom. The van der Waals surface area contributed by atoms with E-state index in [0.29, 0.717) is 0 Å². The van der Waals surface area contributed by atoms with Crippen molar-refractivity contribution < 1.29 is 5.11 Å². The average Bonchev–Trinajstić information content (AvgIpc) is 2.41. The van der Waals surface area contributed by atoms with Gasteiger partial charge >= 0.3 is 0 Å². The molecule has 1 unspecified atom stereocenters. The predicted molar refractivity (Wildman–Crippen MR) is 75.8 cm³/mol. The zero-order valence-electron chi connectivity index (χ0n) is 11.3. The summed E-state index contributed by atoms with van der Waals surface area (Å²) in [5.74, 6) is 0. The Labute approximate surface area is 109 Å². The number of aryl methyl sites for hydroxylation is 2. The second kappa shape index (κ2) is 5.36. The Hall–Kier alpha value is -1.60. The van der Waals surface area contributed by atoms with Crippen LogP contribution in [0.4, 0.5) is 0 Å². The van der Waals surface area contributed by atoms with E-state index >= 15 is 0 Å². The monoisotopic (exact) mass is 240 g/mol. The van der Waals surface area contributed by atoms with Gasteiger partial charge in [0.25, 0.3) is 0 Å². The van der Waals surface area contributed by atoms with E-state index in [-0.39, 0.29) is 0 Å². The van der Waals surface area contributed by atoms with Gasteiger partial charge < -0.3 is 5.11 Å². The summed E-state index contributed by atoms with van der Waals surface area (Å²) in [6.07, 6.45) is 0.496. The van der Waals surface area contributed by atoms with Gasteiger partial charge in [-0.1, -0.05) is 49.4 Å². The van der Waals surface area contributed by atoms with Gasteiger partial charge in [0.15, 0.2) is 0 Å². The van der Waals surface area contributed by atoms with E-state index in [0.717, 1.165) is 17.5 Å². The molecule has 1 atom stereocenters. The van der Waals surface area contributed by atoms with Crippen LogP contribution in [0.5, 0.6) is 0 Å². The molecule has 0 aromatic heterocycles. The van der Waals surface area contributed by atoms with E-state index in [9.17, 15) is 5.11 Å². The summed E-state index contributed by atoms with van der Waals surface area (Å²) >= 11 is 0. The van der Waals surface area contributed by atoms with Gasteiger partial charge in [0.05, 0.1) is 0 Å². The van der Waals surface area contributed by atoms with Gasteiger partial charge in [-0.3, -0.25) is 0 Å². The van der Waals surface area contributed by atoms with Crippen LogP contribution in [0, 0.1) is 13.8 Å².